The summed E-state index contributed by atoms with van der Waals surface area (Å²) in [5, 5.41) is 19.3. The van der Waals surface area contributed by atoms with Crippen molar-refractivity contribution in [2.45, 2.75) is 63.8 Å². The van der Waals surface area contributed by atoms with Crippen molar-refractivity contribution in [1.82, 2.24) is 25.2 Å². The Morgan fingerprint density at radius 1 is 1.16 bits per heavy atom. The molecule has 0 spiro atoms. The number of ether oxygens (including phenoxy) is 2. The maximum atomic E-state index is 16.9. The largest absolute Gasteiger partial charge is 0.508 e. The molecule has 2 aromatic heterocycles. The van der Waals surface area contributed by atoms with Gasteiger partial charge in [0.25, 0.3) is 0 Å². The number of alkyl halides is 1. The summed E-state index contributed by atoms with van der Waals surface area (Å²) in [6.07, 6.45) is 2.53. The lowest BCUT2D eigenvalue weighted by Crippen LogP contribution is -2.43. The molecule has 0 unspecified atom stereocenters. The second-order valence-corrected chi connectivity index (χ2v) is 12.3. The lowest BCUT2D eigenvalue weighted by Gasteiger charge is -2.30. The van der Waals surface area contributed by atoms with Crippen molar-refractivity contribution in [2.24, 2.45) is 0 Å². The zero-order valence-electron chi connectivity index (χ0n) is 25.1. The van der Waals surface area contributed by atoms with Crippen LogP contribution >= 0.6 is 0 Å². The Bertz CT molecular complexity index is 1720. The number of fused-ring (bicyclic) bond motifs is 2. The SMILES string of the molecule is CCc1cccc2cc(O)cc(-c3nc4c5c(nc(OC[C@@]67CCCN6C[C@H](F)C7)nc5c3F)NCCNCC[C@H](C)O4)c12. The number of hydrogen-bond donors (Lipinski definition) is 3. The number of hydrogen-bond acceptors (Lipinski definition) is 9. The molecule has 0 aliphatic carbocycles. The highest BCUT2D eigenvalue weighted by Gasteiger charge is 2.49. The van der Waals surface area contributed by atoms with Gasteiger partial charge in [-0.15, -0.1) is 0 Å². The minimum atomic E-state index is -0.895. The first-order valence-corrected chi connectivity index (χ1v) is 15.6. The third-order valence-electron chi connectivity index (χ3n) is 9.28. The molecule has 2 saturated heterocycles. The van der Waals surface area contributed by atoms with Crippen molar-refractivity contribution in [1.29, 1.82) is 0 Å². The number of benzene rings is 2. The van der Waals surface area contributed by atoms with E-state index in [2.05, 4.69) is 25.5 Å². The van der Waals surface area contributed by atoms with Crippen LogP contribution in [-0.2, 0) is 6.42 Å². The summed E-state index contributed by atoms with van der Waals surface area (Å²) in [5.74, 6) is -0.0835. The number of aryl methyl sites for hydroxylation is 1. The highest BCUT2D eigenvalue weighted by atomic mass is 19.1. The molecule has 0 saturated carbocycles. The molecule has 3 aliphatic heterocycles. The average molecular weight is 605 g/mol. The van der Waals surface area contributed by atoms with Gasteiger partial charge < -0.3 is 25.2 Å². The van der Waals surface area contributed by atoms with Crippen LogP contribution < -0.4 is 20.1 Å². The summed E-state index contributed by atoms with van der Waals surface area (Å²) < 4.78 is 43.9. The summed E-state index contributed by atoms with van der Waals surface area (Å²) >= 11 is 0. The minimum Gasteiger partial charge on any atom is -0.508 e. The van der Waals surface area contributed by atoms with Crippen molar-refractivity contribution in [3.8, 4) is 28.9 Å². The van der Waals surface area contributed by atoms with Gasteiger partial charge in [0.2, 0.25) is 5.88 Å². The molecule has 0 bridgehead atoms. The molecule has 3 N–H and O–H groups in total. The summed E-state index contributed by atoms with van der Waals surface area (Å²) in [6.45, 7) is 7.38. The van der Waals surface area contributed by atoms with Crippen molar-refractivity contribution in [3.63, 3.8) is 0 Å². The molecular formula is C33H38F2N6O3. The Balaban J connectivity index is 1.41. The Morgan fingerprint density at radius 2 is 2.05 bits per heavy atom. The Morgan fingerprint density at radius 3 is 2.91 bits per heavy atom. The monoisotopic (exact) mass is 604 g/mol. The van der Waals surface area contributed by atoms with Gasteiger partial charge in [-0.25, -0.2) is 13.8 Å². The quantitative estimate of drug-likeness (QED) is 0.277. The molecule has 9 nitrogen and oxygen atoms in total. The van der Waals surface area contributed by atoms with Gasteiger partial charge in [0, 0.05) is 31.6 Å². The maximum absolute atomic E-state index is 16.9. The molecule has 0 radical (unpaired) electrons. The number of halogens is 2. The van der Waals surface area contributed by atoms with Gasteiger partial charge >= 0.3 is 6.01 Å². The standard InChI is InChI=1S/C33H38F2N6O3/c1-3-20-6-4-7-21-14-23(42)15-24(25(20)21)28-27(35)29-26-30(37-12-11-36-10-8-19(2)44-31(26)38-28)40-32(39-29)43-18-33-9-5-13-41(33)17-22(34)16-33/h4,6-7,14-15,19,22,36,42H,3,5,8-13,16-18H2,1-2H3,(H,37,39,40)/t19-,22+,33-/m0/s1. The van der Waals surface area contributed by atoms with Crippen LogP contribution in [0.15, 0.2) is 30.3 Å². The molecule has 4 aromatic rings. The van der Waals surface area contributed by atoms with E-state index in [9.17, 15) is 9.50 Å². The predicted octanol–water partition coefficient (Wildman–Crippen LogP) is 5.38. The van der Waals surface area contributed by atoms with E-state index in [1.807, 2.05) is 32.0 Å². The number of aromatic hydroxyl groups is 1. The van der Waals surface area contributed by atoms with Crippen LogP contribution in [0.5, 0.6) is 17.6 Å². The number of pyridine rings is 1. The van der Waals surface area contributed by atoms with Crippen LogP contribution in [0, 0.1) is 5.82 Å². The summed E-state index contributed by atoms with van der Waals surface area (Å²) in [7, 11) is 0. The first-order chi connectivity index (χ1) is 21.3. The van der Waals surface area contributed by atoms with Gasteiger partial charge in [0.05, 0.1) is 11.6 Å². The molecule has 44 heavy (non-hydrogen) atoms. The lowest BCUT2D eigenvalue weighted by molar-refractivity contribution is 0.107. The van der Waals surface area contributed by atoms with Gasteiger partial charge in [-0.2, -0.15) is 9.97 Å². The van der Waals surface area contributed by atoms with E-state index in [0.29, 0.717) is 49.2 Å². The van der Waals surface area contributed by atoms with Crippen LogP contribution in [0.2, 0.25) is 0 Å². The lowest BCUT2D eigenvalue weighted by atomic mass is 9.95. The summed E-state index contributed by atoms with van der Waals surface area (Å²) in [5.41, 5.74) is 1.09. The molecule has 5 heterocycles. The number of nitrogens with one attached hydrogen (secondary N) is 2. The second-order valence-electron chi connectivity index (χ2n) is 12.3. The highest BCUT2D eigenvalue weighted by Crippen LogP contribution is 2.43. The van der Waals surface area contributed by atoms with Gasteiger partial charge in [-0.1, -0.05) is 25.1 Å². The smallest absolute Gasteiger partial charge is 0.319 e. The van der Waals surface area contributed by atoms with Crippen molar-refractivity contribution < 1.29 is 23.4 Å². The van der Waals surface area contributed by atoms with Crippen LogP contribution in [0.4, 0.5) is 14.6 Å². The van der Waals surface area contributed by atoms with E-state index in [1.165, 1.54) is 0 Å². The van der Waals surface area contributed by atoms with Crippen molar-refractivity contribution in [3.05, 3.63) is 41.7 Å². The van der Waals surface area contributed by atoms with Gasteiger partial charge in [0.1, 0.15) is 40.9 Å². The third-order valence-corrected chi connectivity index (χ3v) is 9.28. The van der Waals surface area contributed by atoms with Crippen LogP contribution in [-0.4, -0.2) is 82.1 Å². The fourth-order valence-electron chi connectivity index (χ4n) is 7.14. The van der Waals surface area contributed by atoms with Gasteiger partial charge in [0.15, 0.2) is 5.82 Å². The molecular weight excluding hydrogens is 566 g/mol. The first-order valence-electron chi connectivity index (χ1n) is 15.6. The normalized spacial score (nSPS) is 24.1. The van der Waals surface area contributed by atoms with E-state index < -0.39 is 17.5 Å². The van der Waals surface area contributed by atoms with Gasteiger partial charge in [-0.05, 0) is 74.2 Å². The molecule has 232 valence electrons. The van der Waals surface area contributed by atoms with E-state index >= 15 is 4.39 Å². The molecule has 3 atom stereocenters. The number of phenols is 1. The molecule has 11 heteroatoms. The summed E-state index contributed by atoms with van der Waals surface area (Å²) in [4.78, 5) is 16.2. The molecule has 3 aliphatic rings. The molecule has 0 amide bonds. The van der Waals surface area contributed by atoms with E-state index in [-0.39, 0.29) is 41.6 Å². The third kappa shape index (κ3) is 5.15. The molecule has 2 fully saturated rings. The number of aromatic nitrogens is 3. The molecule has 7 rings (SSSR count). The van der Waals surface area contributed by atoms with Crippen LogP contribution in [0.1, 0.15) is 45.1 Å². The fraction of sp³-hybridized carbons (Fsp3) is 0.485. The Hall–Kier alpha value is -3.83. The first kappa shape index (κ1) is 28.9. The minimum absolute atomic E-state index is 0.00650. The van der Waals surface area contributed by atoms with Crippen molar-refractivity contribution >= 4 is 27.5 Å². The molecule has 2 aromatic carbocycles. The predicted molar refractivity (Wildman–Crippen MR) is 166 cm³/mol. The maximum Gasteiger partial charge on any atom is 0.319 e. The van der Waals surface area contributed by atoms with Gasteiger partial charge in [-0.3, -0.25) is 4.90 Å². The number of anilines is 1. The van der Waals surface area contributed by atoms with E-state index in [4.69, 9.17) is 14.5 Å². The highest BCUT2D eigenvalue weighted by molar-refractivity contribution is 6.03. The number of rotatable bonds is 5. The topological polar surface area (TPSA) is 105 Å². The Kier molecular flexibility index (Phi) is 7.62. The zero-order chi connectivity index (χ0) is 30.4. The summed E-state index contributed by atoms with van der Waals surface area (Å²) in [6, 6.07) is 9.04. The van der Waals surface area contributed by atoms with E-state index in [0.717, 1.165) is 48.7 Å². The fourth-order valence-corrected chi connectivity index (χ4v) is 7.14. The average Bonchev–Trinajstić information content (AvgIpc) is 3.52. The Labute approximate surface area is 255 Å². The van der Waals surface area contributed by atoms with Crippen LogP contribution in [0.3, 0.4) is 0 Å². The zero-order valence-corrected chi connectivity index (χ0v) is 25.1. The second kappa shape index (κ2) is 11.6. The van der Waals surface area contributed by atoms with E-state index in [1.54, 1.807) is 12.1 Å². The van der Waals surface area contributed by atoms with Crippen molar-refractivity contribution in [2.75, 3.05) is 44.6 Å². The number of nitrogens with zero attached hydrogens (tertiary/aromatic N) is 4. The van der Waals surface area contributed by atoms with Crippen LogP contribution in [0.25, 0.3) is 32.9 Å². The number of phenolic OH excluding ortho intramolecular Hbond substituents is 1.